The Balaban J connectivity index is 0. The highest BCUT2D eigenvalue weighted by Gasteiger charge is 1.89. The topological polar surface area (TPSA) is 31.5 Å². The molecule has 0 unspecified atom stereocenters. The average molecular weight is 186 g/mol. The standard InChI is InChI=1S/C7H10S.C3H6.H2O/c1-3-7-4-6(2)8-5-7;1-3-2;/h4-5H,3H2,1-2H3;3H,1H2,2H3;1H2. The maximum absolute atomic E-state index is 3.36. The van der Waals surface area contributed by atoms with E-state index in [2.05, 4.69) is 31.9 Å². The van der Waals surface area contributed by atoms with E-state index < -0.39 is 0 Å². The molecule has 2 heteroatoms. The molecule has 0 spiro atoms. The summed E-state index contributed by atoms with van der Waals surface area (Å²) >= 11 is 1.83. The number of aryl methyl sites for hydroxylation is 2. The molecule has 0 aliphatic heterocycles. The van der Waals surface area contributed by atoms with E-state index in [4.69, 9.17) is 0 Å². The van der Waals surface area contributed by atoms with Crippen LogP contribution in [-0.4, -0.2) is 5.48 Å². The van der Waals surface area contributed by atoms with Crippen LogP contribution in [-0.2, 0) is 6.42 Å². The van der Waals surface area contributed by atoms with Gasteiger partial charge in [-0.15, -0.1) is 17.9 Å². The zero-order valence-corrected chi connectivity index (χ0v) is 8.87. The lowest BCUT2D eigenvalue weighted by Gasteiger charge is -1.80. The Kier molecular flexibility index (Phi) is 9.88. The van der Waals surface area contributed by atoms with E-state index in [1.165, 1.54) is 16.9 Å². The van der Waals surface area contributed by atoms with Crippen molar-refractivity contribution >= 4 is 11.3 Å². The van der Waals surface area contributed by atoms with Crippen LogP contribution in [0.25, 0.3) is 0 Å². The van der Waals surface area contributed by atoms with Gasteiger partial charge in [-0.1, -0.05) is 13.0 Å². The molecular weight excluding hydrogens is 168 g/mol. The van der Waals surface area contributed by atoms with Crippen LogP contribution in [0.1, 0.15) is 24.3 Å². The van der Waals surface area contributed by atoms with Crippen LogP contribution in [0.5, 0.6) is 0 Å². The maximum atomic E-state index is 3.36. The van der Waals surface area contributed by atoms with E-state index in [1.54, 1.807) is 6.08 Å². The monoisotopic (exact) mass is 186 g/mol. The number of hydrogen-bond acceptors (Lipinski definition) is 1. The Labute approximate surface area is 79.1 Å². The summed E-state index contributed by atoms with van der Waals surface area (Å²) in [4.78, 5) is 1.42. The normalized spacial score (nSPS) is 7.58. The summed E-state index contributed by atoms with van der Waals surface area (Å²) in [7, 11) is 0. The first-order valence-electron chi connectivity index (χ1n) is 3.85. The molecule has 1 rings (SSSR count). The molecule has 0 amide bonds. The molecule has 0 fully saturated rings. The molecule has 1 heterocycles. The molecule has 0 aliphatic rings. The summed E-state index contributed by atoms with van der Waals surface area (Å²) in [5.41, 5.74) is 1.47. The van der Waals surface area contributed by atoms with Gasteiger partial charge in [0.15, 0.2) is 0 Å². The Hall–Kier alpha value is -0.600. The molecule has 0 saturated heterocycles. The van der Waals surface area contributed by atoms with Gasteiger partial charge in [0, 0.05) is 4.88 Å². The first kappa shape index (κ1) is 14.0. The minimum atomic E-state index is 0. The van der Waals surface area contributed by atoms with E-state index in [0.717, 1.165) is 0 Å². The second kappa shape index (κ2) is 8.50. The highest BCUT2D eigenvalue weighted by atomic mass is 32.1. The molecule has 0 aliphatic carbocycles. The highest BCUT2D eigenvalue weighted by molar-refractivity contribution is 7.10. The second-order valence-electron chi connectivity index (χ2n) is 2.33. The van der Waals surface area contributed by atoms with Gasteiger partial charge in [0.2, 0.25) is 0 Å². The van der Waals surface area contributed by atoms with E-state index in [9.17, 15) is 0 Å². The second-order valence-corrected chi connectivity index (χ2v) is 3.44. The van der Waals surface area contributed by atoms with Gasteiger partial charge in [0.05, 0.1) is 0 Å². The van der Waals surface area contributed by atoms with Crippen molar-refractivity contribution in [3.63, 3.8) is 0 Å². The molecule has 0 atom stereocenters. The van der Waals surface area contributed by atoms with Crippen LogP contribution >= 0.6 is 11.3 Å². The number of allylic oxidation sites excluding steroid dienone is 1. The Bertz CT molecular complexity index is 203. The summed E-state index contributed by atoms with van der Waals surface area (Å²) in [5.74, 6) is 0. The summed E-state index contributed by atoms with van der Waals surface area (Å²) in [5, 5.41) is 2.22. The molecule has 1 aromatic heterocycles. The van der Waals surface area contributed by atoms with Crippen molar-refractivity contribution in [1.29, 1.82) is 0 Å². The van der Waals surface area contributed by atoms with Crippen LogP contribution in [0.4, 0.5) is 0 Å². The average Bonchev–Trinajstić information content (AvgIpc) is 2.37. The minimum absolute atomic E-state index is 0. The molecule has 0 bridgehead atoms. The molecule has 1 aromatic rings. The summed E-state index contributed by atoms with van der Waals surface area (Å²) in [6.07, 6.45) is 2.92. The predicted molar refractivity (Wildman–Crippen MR) is 57.9 cm³/mol. The van der Waals surface area contributed by atoms with Gasteiger partial charge in [-0.2, -0.15) is 0 Å². The smallest absolute Gasteiger partial charge is 0.00170 e. The zero-order chi connectivity index (χ0) is 8.69. The van der Waals surface area contributed by atoms with Gasteiger partial charge < -0.3 is 5.48 Å². The summed E-state index contributed by atoms with van der Waals surface area (Å²) in [6.45, 7) is 9.57. The number of hydrogen-bond donors (Lipinski definition) is 0. The SMILES string of the molecule is C=CC.CCc1csc(C)c1.O. The van der Waals surface area contributed by atoms with Crippen molar-refractivity contribution in [3.05, 3.63) is 34.5 Å². The zero-order valence-electron chi connectivity index (χ0n) is 8.05. The van der Waals surface area contributed by atoms with Crippen molar-refractivity contribution < 1.29 is 5.48 Å². The third kappa shape index (κ3) is 6.13. The predicted octanol–water partition coefficient (Wildman–Crippen LogP) is 2.99. The lowest BCUT2D eigenvalue weighted by atomic mass is 10.2. The van der Waals surface area contributed by atoms with E-state index in [-0.39, 0.29) is 5.48 Å². The maximum Gasteiger partial charge on any atom is 0.00170 e. The van der Waals surface area contributed by atoms with Crippen molar-refractivity contribution in [1.82, 2.24) is 0 Å². The third-order valence-corrected chi connectivity index (χ3v) is 2.10. The largest absolute Gasteiger partial charge is 0.412 e. The molecule has 0 radical (unpaired) electrons. The fourth-order valence-corrected chi connectivity index (χ4v) is 1.47. The van der Waals surface area contributed by atoms with Gasteiger partial charge in [-0.3, -0.25) is 0 Å². The number of thiophene rings is 1. The van der Waals surface area contributed by atoms with Gasteiger partial charge in [-0.05, 0) is 37.3 Å². The first-order chi connectivity index (χ1) is 5.24. The van der Waals surface area contributed by atoms with E-state index in [0.29, 0.717) is 0 Å². The van der Waals surface area contributed by atoms with Gasteiger partial charge >= 0.3 is 0 Å². The quantitative estimate of drug-likeness (QED) is 0.604. The third-order valence-electron chi connectivity index (χ3n) is 1.19. The van der Waals surface area contributed by atoms with Crippen LogP contribution in [0.3, 0.4) is 0 Å². The molecule has 0 aromatic carbocycles. The molecule has 2 N–H and O–H groups in total. The van der Waals surface area contributed by atoms with E-state index in [1.807, 2.05) is 18.3 Å². The molecule has 0 saturated carbocycles. The van der Waals surface area contributed by atoms with Gasteiger partial charge in [-0.25, -0.2) is 0 Å². The highest BCUT2D eigenvalue weighted by Crippen LogP contribution is 2.12. The van der Waals surface area contributed by atoms with Crippen LogP contribution in [0.15, 0.2) is 24.1 Å². The summed E-state index contributed by atoms with van der Waals surface area (Å²) < 4.78 is 0. The molecule has 70 valence electrons. The lowest BCUT2D eigenvalue weighted by Crippen LogP contribution is -1.67. The minimum Gasteiger partial charge on any atom is -0.412 e. The molecule has 1 nitrogen and oxygen atoms in total. The Morgan fingerprint density at radius 2 is 2.08 bits per heavy atom. The van der Waals surface area contributed by atoms with Crippen LogP contribution in [0, 0.1) is 6.92 Å². The van der Waals surface area contributed by atoms with Crippen LogP contribution in [0.2, 0.25) is 0 Å². The van der Waals surface area contributed by atoms with Gasteiger partial charge in [0.25, 0.3) is 0 Å². The fourth-order valence-electron chi connectivity index (χ4n) is 0.683. The Morgan fingerprint density at radius 1 is 1.58 bits per heavy atom. The number of rotatable bonds is 1. The Morgan fingerprint density at radius 3 is 2.25 bits per heavy atom. The molecule has 12 heavy (non-hydrogen) atoms. The van der Waals surface area contributed by atoms with Crippen molar-refractivity contribution in [2.24, 2.45) is 0 Å². The van der Waals surface area contributed by atoms with Crippen molar-refractivity contribution in [3.8, 4) is 0 Å². The van der Waals surface area contributed by atoms with Crippen molar-refractivity contribution in [2.45, 2.75) is 27.2 Å². The summed E-state index contributed by atoms with van der Waals surface area (Å²) in [6, 6.07) is 2.24. The van der Waals surface area contributed by atoms with Crippen molar-refractivity contribution in [2.75, 3.05) is 0 Å². The van der Waals surface area contributed by atoms with Gasteiger partial charge in [0.1, 0.15) is 0 Å². The fraction of sp³-hybridized carbons (Fsp3) is 0.400. The van der Waals surface area contributed by atoms with Crippen LogP contribution < -0.4 is 0 Å². The lowest BCUT2D eigenvalue weighted by molar-refractivity contribution is 0.824. The first-order valence-corrected chi connectivity index (χ1v) is 4.73. The van der Waals surface area contributed by atoms with E-state index >= 15 is 0 Å². The molecular formula is C10H18OS.